The van der Waals surface area contributed by atoms with Crippen molar-refractivity contribution in [3.05, 3.63) is 76.3 Å². The molecule has 7 nitrogen and oxygen atoms in total. The molecule has 0 saturated carbocycles. The van der Waals surface area contributed by atoms with E-state index in [9.17, 15) is 4.79 Å². The fourth-order valence-electron chi connectivity index (χ4n) is 5.38. The monoisotopic (exact) mass is 505 g/mol. The number of carbonyl (C=O) groups excluding carboxylic acids is 1. The van der Waals surface area contributed by atoms with Crippen LogP contribution in [0.3, 0.4) is 0 Å². The highest BCUT2D eigenvalue weighted by Crippen LogP contribution is 2.55. The van der Waals surface area contributed by atoms with Gasteiger partial charge in [0.25, 0.3) is 0 Å². The van der Waals surface area contributed by atoms with Gasteiger partial charge in [-0.05, 0) is 36.7 Å². The fraction of sp³-hybridized carbons (Fsp3) is 0.321. The zero-order valence-electron chi connectivity index (χ0n) is 20.4. The van der Waals surface area contributed by atoms with E-state index in [1.165, 1.54) is 5.56 Å². The lowest BCUT2D eigenvalue weighted by atomic mass is 9.85. The van der Waals surface area contributed by atoms with Crippen molar-refractivity contribution in [1.29, 1.82) is 0 Å². The Morgan fingerprint density at radius 1 is 1.08 bits per heavy atom. The number of likely N-dealkylation sites (N-methyl/N-ethyl adjacent to an activating group) is 1. The summed E-state index contributed by atoms with van der Waals surface area (Å²) in [5.41, 5.74) is 4.72. The van der Waals surface area contributed by atoms with Crippen LogP contribution in [0.5, 0.6) is 23.0 Å². The SMILES string of the molecule is COc1ccc2c(c1SCc1ccccc1)C(=O)O[C@@H]2[C@H]1c2c(cc3c(c2OC)OCO3)CCN1C. The van der Waals surface area contributed by atoms with Crippen LogP contribution in [0.2, 0.25) is 0 Å². The summed E-state index contributed by atoms with van der Waals surface area (Å²) in [6.07, 6.45) is 0.344. The van der Waals surface area contributed by atoms with E-state index < -0.39 is 6.10 Å². The maximum Gasteiger partial charge on any atom is 0.340 e. The van der Waals surface area contributed by atoms with Crippen LogP contribution in [0.4, 0.5) is 0 Å². The van der Waals surface area contributed by atoms with Gasteiger partial charge in [0.1, 0.15) is 11.9 Å². The Labute approximate surface area is 214 Å². The molecule has 36 heavy (non-hydrogen) atoms. The molecule has 2 atom stereocenters. The largest absolute Gasteiger partial charge is 0.496 e. The van der Waals surface area contributed by atoms with Gasteiger partial charge >= 0.3 is 5.97 Å². The van der Waals surface area contributed by atoms with Crippen LogP contribution >= 0.6 is 11.8 Å². The van der Waals surface area contributed by atoms with E-state index in [0.29, 0.717) is 28.6 Å². The molecule has 0 bridgehead atoms. The minimum absolute atomic E-state index is 0.165. The van der Waals surface area contributed by atoms with Crippen molar-refractivity contribution in [3.8, 4) is 23.0 Å². The summed E-state index contributed by atoms with van der Waals surface area (Å²) in [4.78, 5) is 16.4. The molecule has 186 valence electrons. The Hall–Kier alpha value is -3.36. The molecule has 0 amide bonds. The first-order valence-corrected chi connectivity index (χ1v) is 12.9. The zero-order valence-corrected chi connectivity index (χ0v) is 21.2. The molecule has 0 spiro atoms. The number of thioether (sulfide) groups is 1. The van der Waals surface area contributed by atoms with Crippen molar-refractivity contribution >= 4 is 17.7 Å². The number of benzene rings is 3. The van der Waals surface area contributed by atoms with Crippen LogP contribution in [0.15, 0.2) is 53.4 Å². The highest BCUT2D eigenvalue weighted by Gasteiger charge is 2.45. The van der Waals surface area contributed by atoms with E-state index in [1.54, 1.807) is 26.0 Å². The number of nitrogens with zero attached hydrogens (tertiary/aromatic N) is 1. The van der Waals surface area contributed by atoms with Crippen molar-refractivity contribution < 1.29 is 28.5 Å². The first kappa shape index (κ1) is 23.1. The Morgan fingerprint density at radius 3 is 2.69 bits per heavy atom. The van der Waals surface area contributed by atoms with Gasteiger partial charge in [-0.2, -0.15) is 0 Å². The number of methoxy groups -OCH3 is 2. The Balaban J connectivity index is 1.44. The molecule has 6 rings (SSSR count). The summed E-state index contributed by atoms with van der Waals surface area (Å²) in [7, 11) is 5.32. The molecule has 0 N–H and O–H groups in total. The summed E-state index contributed by atoms with van der Waals surface area (Å²) in [5, 5.41) is 0. The summed E-state index contributed by atoms with van der Waals surface area (Å²) in [6.45, 7) is 0.980. The molecule has 3 aliphatic rings. The summed E-state index contributed by atoms with van der Waals surface area (Å²) in [5.74, 6) is 3.01. The number of rotatable bonds is 6. The van der Waals surface area contributed by atoms with E-state index in [4.69, 9.17) is 23.7 Å². The Bertz CT molecular complexity index is 1330. The number of ether oxygens (including phenoxy) is 5. The second kappa shape index (κ2) is 9.26. The standard InChI is InChI=1S/C28H27NO6S/c1-29-12-11-17-13-20-25(34-15-33-20)26(32-3)21(17)23(29)24-18-9-10-19(31-2)27(22(18)28(30)35-24)36-14-16-7-5-4-6-8-16/h4-10,13,23-24H,11-12,14-15H2,1-3H3/t23-,24+/m1/s1. The van der Waals surface area contributed by atoms with Gasteiger partial charge in [-0.15, -0.1) is 11.8 Å². The summed E-state index contributed by atoms with van der Waals surface area (Å²) < 4.78 is 29.1. The first-order valence-electron chi connectivity index (χ1n) is 11.9. The van der Waals surface area contributed by atoms with Crippen molar-refractivity contribution in [2.24, 2.45) is 0 Å². The second-order valence-corrected chi connectivity index (χ2v) is 10.0. The van der Waals surface area contributed by atoms with Crippen molar-refractivity contribution in [2.45, 2.75) is 29.2 Å². The average Bonchev–Trinajstić information content (AvgIpc) is 3.50. The van der Waals surface area contributed by atoms with Gasteiger partial charge < -0.3 is 23.7 Å². The molecule has 3 aliphatic heterocycles. The summed E-state index contributed by atoms with van der Waals surface area (Å²) in [6, 6.07) is 15.9. The number of fused-ring (bicyclic) bond motifs is 3. The predicted octanol–water partition coefficient (Wildman–Crippen LogP) is 5.17. The molecule has 3 aromatic carbocycles. The van der Waals surface area contributed by atoms with Crippen LogP contribution in [-0.2, 0) is 16.9 Å². The summed E-state index contributed by atoms with van der Waals surface area (Å²) >= 11 is 1.59. The van der Waals surface area contributed by atoms with Gasteiger partial charge in [0, 0.05) is 23.4 Å². The molecule has 0 aromatic heterocycles. The molecule has 3 aromatic rings. The van der Waals surface area contributed by atoms with Crippen LogP contribution < -0.4 is 18.9 Å². The lowest BCUT2D eigenvalue weighted by Gasteiger charge is -2.38. The van der Waals surface area contributed by atoms with Gasteiger partial charge in [0.2, 0.25) is 12.5 Å². The molecular formula is C28H27NO6S. The topological polar surface area (TPSA) is 66.5 Å². The predicted molar refractivity (Wildman–Crippen MR) is 135 cm³/mol. The zero-order chi connectivity index (χ0) is 24.8. The van der Waals surface area contributed by atoms with E-state index >= 15 is 0 Å². The molecule has 0 unspecified atom stereocenters. The highest BCUT2D eigenvalue weighted by molar-refractivity contribution is 7.98. The third-order valence-corrected chi connectivity index (χ3v) is 8.26. The van der Waals surface area contributed by atoms with E-state index in [2.05, 4.69) is 24.1 Å². The third-order valence-electron chi connectivity index (χ3n) is 7.08. The van der Waals surface area contributed by atoms with Gasteiger partial charge in [0.05, 0.1) is 30.7 Å². The molecule has 0 saturated heterocycles. The Kier molecular flexibility index (Phi) is 5.93. The molecule has 0 fully saturated rings. The molecule has 8 heteroatoms. The second-order valence-electron chi connectivity index (χ2n) is 9.05. The van der Waals surface area contributed by atoms with Crippen molar-refractivity contribution in [3.63, 3.8) is 0 Å². The highest BCUT2D eigenvalue weighted by atomic mass is 32.2. The fourth-order valence-corrected chi connectivity index (χ4v) is 6.52. The maximum absolute atomic E-state index is 13.4. The molecule has 3 heterocycles. The van der Waals surface area contributed by atoms with Gasteiger partial charge in [-0.25, -0.2) is 4.79 Å². The normalized spacial score (nSPS) is 20.0. The van der Waals surface area contributed by atoms with E-state index in [1.807, 2.05) is 36.4 Å². The number of cyclic esters (lactones) is 1. The number of hydrogen-bond acceptors (Lipinski definition) is 8. The molecule has 0 aliphatic carbocycles. The number of carbonyl (C=O) groups is 1. The smallest absolute Gasteiger partial charge is 0.340 e. The lowest BCUT2D eigenvalue weighted by molar-refractivity contribution is 0.00871. The van der Waals surface area contributed by atoms with E-state index in [-0.39, 0.29) is 18.8 Å². The van der Waals surface area contributed by atoms with E-state index in [0.717, 1.165) is 40.3 Å². The maximum atomic E-state index is 13.4. The van der Waals surface area contributed by atoms with Crippen molar-refractivity contribution in [2.75, 3.05) is 34.6 Å². The van der Waals surface area contributed by atoms with Crippen LogP contribution in [0, 0.1) is 0 Å². The number of esters is 1. The molecule has 0 radical (unpaired) electrons. The van der Waals surface area contributed by atoms with Gasteiger partial charge in [-0.1, -0.05) is 36.4 Å². The number of hydrogen-bond donors (Lipinski definition) is 0. The van der Waals surface area contributed by atoms with Crippen LogP contribution in [0.25, 0.3) is 0 Å². The minimum Gasteiger partial charge on any atom is -0.496 e. The van der Waals surface area contributed by atoms with Gasteiger partial charge in [0.15, 0.2) is 11.5 Å². The molecular weight excluding hydrogens is 478 g/mol. The first-order chi connectivity index (χ1) is 17.6. The quantitative estimate of drug-likeness (QED) is 0.336. The van der Waals surface area contributed by atoms with Crippen molar-refractivity contribution in [1.82, 2.24) is 4.90 Å². The van der Waals surface area contributed by atoms with Crippen LogP contribution in [-0.4, -0.2) is 45.5 Å². The lowest BCUT2D eigenvalue weighted by Crippen LogP contribution is -2.36. The Morgan fingerprint density at radius 2 is 1.92 bits per heavy atom. The minimum atomic E-state index is -0.493. The van der Waals surface area contributed by atoms with Crippen LogP contribution in [0.1, 0.15) is 44.8 Å². The third kappa shape index (κ3) is 3.67. The average molecular weight is 506 g/mol. The van der Waals surface area contributed by atoms with Gasteiger partial charge in [-0.3, -0.25) is 4.90 Å².